The summed E-state index contributed by atoms with van der Waals surface area (Å²) in [6.45, 7) is 4.95. The van der Waals surface area contributed by atoms with E-state index in [4.69, 9.17) is 16.3 Å². The third-order valence-electron chi connectivity index (χ3n) is 5.36. The summed E-state index contributed by atoms with van der Waals surface area (Å²) in [5, 5.41) is 0.777. The molecule has 0 aliphatic rings. The molecule has 0 amide bonds. The molecule has 3 heteroatoms. The molecule has 3 rings (SSSR count). The number of hydrogen-bond donors (Lipinski definition) is 0. The van der Waals surface area contributed by atoms with Crippen molar-refractivity contribution in [3.05, 3.63) is 99.6 Å². The van der Waals surface area contributed by atoms with E-state index in [2.05, 4.69) is 44.2 Å². The number of aryl methyl sites for hydroxylation is 2. The zero-order valence-corrected chi connectivity index (χ0v) is 17.8. The molecule has 0 aliphatic carbocycles. The molecular formula is C26H27ClO2. The van der Waals surface area contributed by atoms with Crippen molar-refractivity contribution in [1.29, 1.82) is 0 Å². The van der Waals surface area contributed by atoms with Gasteiger partial charge in [-0.05, 0) is 97.7 Å². The van der Waals surface area contributed by atoms with E-state index in [0.29, 0.717) is 18.1 Å². The van der Waals surface area contributed by atoms with Gasteiger partial charge in [0.2, 0.25) is 0 Å². The lowest BCUT2D eigenvalue weighted by Crippen LogP contribution is -2.07. The van der Waals surface area contributed by atoms with E-state index in [-0.39, 0.29) is 0 Å². The van der Waals surface area contributed by atoms with Gasteiger partial charge in [-0.3, -0.25) is 4.79 Å². The number of rotatable bonds is 9. The standard InChI is InChI=1S/C26H27ClO2/c1-19-8-9-22(15-20(19)2)16-23(24-5-3-7-25(27)17-24)6-4-14-29-26-12-10-21(18-28)11-13-26/h3,5,7-13,15,17-18,23H,4,6,14,16H2,1-2H3. The van der Waals surface area contributed by atoms with Crippen molar-refractivity contribution in [3.63, 3.8) is 0 Å². The van der Waals surface area contributed by atoms with E-state index in [0.717, 1.165) is 36.3 Å². The molecule has 1 atom stereocenters. The molecule has 0 spiro atoms. The largest absolute Gasteiger partial charge is 0.494 e. The Hall–Kier alpha value is -2.58. The van der Waals surface area contributed by atoms with Crippen LogP contribution in [-0.2, 0) is 6.42 Å². The molecule has 0 saturated heterocycles. The van der Waals surface area contributed by atoms with Gasteiger partial charge in [0.05, 0.1) is 6.61 Å². The first-order valence-electron chi connectivity index (χ1n) is 10.0. The van der Waals surface area contributed by atoms with Crippen molar-refractivity contribution in [2.24, 2.45) is 0 Å². The molecule has 29 heavy (non-hydrogen) atoms. The zero-order chi connectivity index (χ0) is 20.6. The van der Waals surface area contributed by atoms with Crippen molar-refractivity contribution < 1.29 is 9.53 Å². The van der Waals surface area contributed by atoms with E-state index in [1.165, 1.54) is 22.3 Å². The molecule has 3 aromatic rings. The maximum absolute atomic E-state index is 10.8. The van der Waals surface area contributed by atoms with Crippen LogP contribution in [-0.4, -0.2) is 12.9 Å². The summed E-state index contributed by atoms with van der Waals surface area (Å²) in [5.74, 6) is 1.18. The fourth-order valence-corrected chi connectivity index (χ4v) is 3.72. The predicted molar refractivity (Wildman–Crippen MR) is 120 cm³/mol. The lowest BCUT2D eigenvalue weighted by Gasteiger charge is -2.19. The summed E-state index contributed by atoms with van der Waals surface area (Å²) in [7, 11) is 0. The fourth-order valence-electron chi connectivity index (χ4n) is 3.52. The van der Waals surface area contributed by atoms with Gasteiger partial charge in [0.1, 0.15) is 12.0 Å². The topological polar surface area (TPSA) is 26.3 Å². The first-order chi connectivity index (χ1) is 14.0. The van der Waals surface area contributed by atoms with Crippen LogP contribution in [0.25, 0.3) is 0 Å². The minimum Gasteiger partial charge on any atom is -0.494 e. The highest BCUT2D eigenvalue weighted by Gasteiger charge is 2.14. The van der Waals surface area contributed by atoms with Gasteiger partial charge in [-0.25, -0.2) is 0 Å². The third kappa shape index (κ3) is 6.20. The van der Waals surface area contributed by atoms with Gasteiger partial charge in [0, 0.05) is 10.6 Å². The number of carbonyl (C=O) groups excluding carboxylic acids is 1. The lowest BCUT2D eigenvalue weighted by atomic mass is 9.87. The number of benzene rings is 3. The fraction of sp³-hybridized carbons (Fsp3) is 0.269. The monoisotopic (exact) mass is 406 g/mol. The van der Waals surface area contributed by atoms with Crippen LogP contribution in [0.4, 0.5) is 0 Å². The van der Waals surface area contributed by atoms with E-state index < -0.39 is 0 Å². The van der Waals surface area contributed by atoms with E-state index in [1.54, 1.807) is 12.1 Å². The first-order valence-corrected chi connectivity index (χ1v) is 10.4. The number of aldehydes is 1. The van der Waals surface area contributed by atoms with Crippen LogP contribution in [0.2, 0.25) is 5.02 Å². The van der Waals surface area contributed by atoms with Crippen LogP contribution in [0.15, 0.2) is 66.7 Å². The molecular weight excluding hydrogens is 380 g/mol. The second kappa shape index (κ2) is 10.3. The Morgan fingerprint density at radius 1 is 0.966 bits per heavy atom. The number of ether oxygens (including phenoxy) is 1. The minimum absolute atomic E-state index is 0.386. The van der Waals surface area contributed by atoms with Crippen molar-refractivity contribution >= 4 is 17.9 Å². The molecule has 0 aromatic heterocycles. The molecule has 1 unspecified atom stereocenters. The van der Waals surface area contributed by atoms with E-state index >= 15 is 0 Å². The average Bonchev–Trinajstić information content (AvgIpc) is 2.73. The van der Waals surface area contributed by atoms with Crippen molar-refractivity contribution in [3.8, 4) is 5.75 Å². The Labute approximate surface area is 178 Å². The van der Waals surface area contributed by atoms with Gasteiger partial charge >= 0.3 is 0 Å². The molecule has 150 valence electrons. The van der Waals surface area contributed by atoms with Crippen LogP contribution in [0, 0.1) is 13.8 Å². The van der Waals surface area contributed by atoms with E-state index in [1.807, 2.05) is 24.3 Å². The molecule has 0 bridgehead atoms. The van der Waals surface area contributed by atoms with Gasteiger partial charge in [-0.15, -0.1) is 0 Å². The van der Waals surface area contributed by atoms with Gasteiger partial charge < -0.3 is 4.74 Å². The molecule has 0 heterocycles. The molecule has 2 nitrogen and oxygen atoms in total. The molecule has 0 saturated carbocycles. The Balaban J connectivity index is 1.64. The summed E-state index contributed by atoms with van der Waals surface area (Å²) in [5.41, 5.74) is 5.93. The SMILES string of the molecule is Cc1ccc(CC(CCCOc2ccc(C=O)cc2)c2cccc(Cl)c2)cc1C. The highest BCUT2D eigenvalue weighted by atomic mass is 35.5. The maximum atomic E-state index is 10.8. The number of carbonyl (C=O) groups is 1. The Morgan fingerprint density at radius 2 is 1.76 bits per heavy atom. The van der Waals surface area contributed by atoms with Crippen LogP contribution in [0.5, 0.6) is 5.75 Å². The quantitative estimate of drug-likeness (QED) is 0.283. The number of hydrogen-bond acceptors (Lipinski definition) is 2. The summed E-state index contributed by atoms with van der Waals surface area (Å²) in [6, 6.07) is 22.1. The smallest absolute Gasteiger partial charge is 0.150 e. The molecule has 0 fully saturated rings. The molecule has 3 aromatic carbocycles. The van der Waals surface area contributed by atoms with E-state index in [9.17, 15) is 4.79 Å². The Bertz CT molecular complexity index is 947. The summed E-state index contributed by atoms with van der Waals surface area (Å²) in [4.78, 5) is 10.8. The van der Waals surface area contributed by atoms with Crippen LogP contribution in [0.1, 0.15) is 51.4 Å². The van der Waals surface area contributed by atoms with Gasteiger partial charge in [-0.2, -0.15) is 0 Å². The normalized spacial score (nSPS) is 11.8. The van der Waals surface area contributed by atoms with Crippen LogP contribution in [0.3, 0.4) is 0 Å². The van der Waals surface area contributed by atoms with Crippen LogP contribution >= 0.6 is 11.6 Å². The molecule has 0 N–H and O–H groups in total. The average molecular weight is 407 g/mol. The first kappa shape index (κ1) is 21.1. The van der Waals surface area contributed by atoms with Crippen molar-refractivity contribution in [1.82, 2.24) is 0 Å². The Kier molecular flexibility index (Phi) is 7.48. The maximum Gasteiger partial charge on any atom is 0.150 e. The van der Waals surface area contributed by atoms with Gasteiger partial charge in [0.25, 0.3) is 0 Å². The highest BCUT2D eigenvalue weighted by Crippen LogP contribution is 2.28. The minimum atomic E-state index is 0.386. The second-order valence-corrected chi connectivity index (χ2v) is 7.99. The van der Waals surface area contributed by atoms with Crippen LogP contribution < -0.4 is 4.74 Å². The van der Waals surface area contributed by atoms with Gasteiger partial charge in [-0.1, -0.05) is 41.9 Å². The molecule has 0 radical (unpaired) electrons. The zero-order valence-electron chi connectivity index (χ0n) is 17.0. The third-order valence-corrected chi connectivity index (χ3v) is 5.59. The lowest BCUT2D eigenvalue weighted by molar-refractivity contribution is 0.112. The van der Waals surface area contributed by atoms with Gasteiger partial charge in [0.15, 0.2) is 0 Å². The summed E-state index contributed by atoms with van der Waals surface area (Å²) < 4.78 is 5.86. The van der Waals surface area contributed by atoms with Crippen molar-refractivity contribution in [2.45, 2.75) is 39.0 Å². The van der Waals surface area contributed by atoms with Crippen molar-refractivity contribution in [2.75, 3.05) is 6.61 Å². The summed E-state index contributed by atoms with van der Waals surface area (Å²) in [6.07, 6.45) is 3.78. The Morgan fingerprint density at radius 3 is 2.45 bits per heavy atom. The predicted octanol–water partition coefficient (Wildman–Crippen LogP) is 6.95. The summed E-state index contributed by atoms with van der Waals surface area (Å²) >= 11 is 6.25. The number of halogens is 1. The second-order valence-electron chi connectivity index (χ2n) is 7.55. The highest BCUT2D eigenvalue weighted by molar-refractivity contribution is 6.30. The molecule has 0 aliphatic heterocycles.